The molecule has 0 spiro atoms. The van der Waals surface area contributed by atoms with Crippen molar-refractivity contribution >= 4 is 11.7 Å². The Labute approximate surface area is 211 Å². The van der Waals surface area contributed by atoms with Crippen LogP contribution in [0.4, 0.5) is 4.79 Å². The number of benzene rings is 3. The Morgan fingerprint density at radius 2 is 1.64 bits per heavy atom. The van der Waals surface area contributed by atoms with Crippen LogP contribution in [0.1, 0.15) is 48.3 Å². The molecule has 180 valence electrons. The number of fused-ring (bicyclic) bond motifs is 5. The van der Waals surface area contributed by atoms with Gasteiger partial charge in [0.1, 0.15) is 19.0 Å². The van der Waals surface area contributed by atoms with Gasteiger partial charge in [-0.15, -0.1) is 0 Å². The summed E-state index contributed by atoms with van der Waals surface area (Å²) in [6.45, 7) is 0.754. The highest BCUT2D eigenvalue weighted by atomic mass is 16.6. The van der Waals surface area contributed by atoms with E-state index < -0.39 is 0 Å². The quantitative estimate of drug-likeness (QED) is 0.379. The average molecular weight is 477 g/mol. The molecule has 2 heterocycles. The second-order valence-corrected chi connectivity index (χ2v) is 9.69. The van der Waals surface area contributed by atoms with Gasteiger partial charge in [-0.05, 0) is 64.8 Å². The van der Waals surface area contributed by atoms with Gasteiger partial charge in [0.2, 0.25) is 0 Å². The fourth-order valence-corrected chi connectivity index (χ4v) is 5.98. The van der Waals surface area contributed by atoms with Crippen LogP contribution in [0.2, 0.25) is 0 Å². The molecule has 1 fully saturated rings. The lowest BCUT2D eigenvalue weighted by atomic mass is 9.95. The molecular weight excluding hydrogens is 448 g/mol. The molecule has 6 rings (SSSR count). The van der Waals surface area contributed by atoms with E-state index in [1.165, 1.54) is 27.8 Å². The van der Waals surface area contributed by atoms with Crippen molar-refractivity contribution < 1.29 is 14.3 Å². The molecule has 3 aliphatic rings. The molecule has 2 bridgehead atoms. The fraction of sp³-hybridized carbons (Fsp3) is 0.290. The van der Waals surface area contributed by atoms with Crippen LogP contribution < -0.4 is 4.74 Å². The maximum absolute atomic E-state index is 13.3. The van der Waals surface area contributed by atoms with E-state index in [2.05, 4.69) is 72.8 Å². The number of carbonyl (C=O) groups excluding carboxylic acids is 1. The molecule has 1 aliphatic carbocycles. The molecule has 3 aromatic rings. The summed E-state index contributed by atoms with van der Waals surface area (Å²) < 4.78 is 11.6. The zero-order valence-corrected chi connectivity index (χ0v) is 20.1. The third-order valence-electron chi connectivity index (χ3n) is 7.65. The Kier molecular flexibility index (Phi) is 5.95. The van der Waals surface area contributed by atoms with Crippen LogP contribution in [0, 0.1) is 11.3 Å². The summed E-state index contributed by atoms with van der Waals surface area (Å²) in [6.07, 6.45) is 5.19. The van der Waals surface area contributed by atoms with E-state index in [1.807, 2.05) is 17.0 Å². The average Bonchev–Trinajstić information content (AvgIpc) is 3.38. The lowest BCUT2D eigenvalue weighted by molar-refractivity contribution is 0.0866. The first-order chi connectivity index (χ1) is 17.7. The summed E-state index contributed by atoms with van der Waals surface area (Å²) in [7, 11) is 0. The van der Waals surface area contributed by atoms with E-state index in [0.717, 1.165) is 30.6 Å². The Morgan fingerprint density at radius 3 is 2.31 bits per heavy atom. The number of nitrogens with zero attached hydrogens (tertiary/aromatic N) is 2. The van der Waals surface area contributed by atoms with Crippen LogP contribution in [-0.4, -0.2) is 36.3 Å². The number of carbonyl (C=O) groups is 1. The molecule has 2 atom stereocenters. The molecule has 0 saturated carbocycles. The molecule has 2 aliphatic heterocycles. The highest BCUT2D eigenvalue weighted by Gasteiger charge is 2.41. The second kappa shape index (κ2) is 9.54. The third-order valence-corrected chi connectivity index (χ3v) is 7.65. The van der Waals surface area contributed by atoms with Gasteiger partial charge in [-0.25, -0.2) is 4.79 Å². The van der Waals surface area contributed by atoms with Gasteiger partial charge in [0.05, 0.1) is 18.5 Å². The normalized spacial score (nSPS) is 19.8. The molecule has 0 aromatic heterocycles. The first-order valence-corrected chi connectivity index (χ1v) is 12.7. The zero-order valence-electron chi connectivity index (χ0n) is 20.1. The molecule has 0 N–H and O–H groups in total. The van der Waals surface area contributed by atoms with Crippen LogP contribution in [0.25, 0.3) is 16.7 Å². The number of ether oxygens (including phenoxy) is 2. The summed E-state index contributed by atoms with van der Waals surface area (Å²) >= 11 is 0. The van der Waals surface area contributed by atoms with Crippen LogP contribution in [0.3, 0.4) is 0 Å². The van der Waals surface area contributed by atoms with Crippen molar-refractivity contribution in [3.05, 3.63) is 95.6 Å². The Morgan fingerprint density at radius 1 is 0.944 bits per heavy atom. The summed E-state index contributed by atoms with van der Waals surface area (Å²) in [5.74, 6) is 0.845. The smallest absolute Gasteiger partial charge is 0.410 e. The van der Waals surface area contributed by atoms with Crippen LogP contribution in [-0.2, 0) is 4.74 Å². The maximum atomic E-state index is 13.3. The van der Waals surface area contributed by atoms with Gasteiger partial charge in [-0.3, -0.25) is 4.90 Å². The fourth-order valence-electron chi connectivity index (χ4n) is 5.98. The minimum Gasteiger partial charge on any atom is -0.493 e. The Bertz CT molecular complexity index is 1310. The highest BCUT2D eigenvalue weighted by molar-refractivity contribution is 5.79. The van der Waals surface area contributed by atoms with Gasteiger partial charge >= 0.3 is 6.09 Å². The largest absolute Gasteiger partial charge is 0.493 e. The summed E-state index contributed by atoms with van der Waals surface area (Å²) in [6, 6.07) is 27.2. The number of amides is 1. The molecule has 36 heavy (non-hydrogen) atoms. The van der Waals surface area contributed by atoms with E-state index in [4.69, 9.17) is 14.7 Å². The van der Waals surface area contributed by atoms with Gasteiger partial charge in [-0.2, -0.15) is 5.26 Å². The number of nitriles is 1. The standard InChI is InChI=1S/C31H28N2O3/c32-16-5-17-35-25-14-10-21(11-15-25)22-18-23-12-13-24(19-22)33(23)31(34)36-20-30-28-8-3-1-6-26(28)27-7-2-4-9-29(27)30/h1-4,6-11,14-15,18,23-24,30H,5,12-13,17,19-20H2. The minimum absolute atomic E-state index is 0.0703. The van der Waals surface area contributed by atoms with Crippen molar-refractivity contribution in [2.24, 2.45) is 0 Å². The van der Waals surface area contributed by atoms with E-state index in [-0.39, 0.29) is 24.1 Å². The Hall–Kier alpha value is -4.04. The predicted molar refractivity (Wildman–Crippen MR) is 138 cm³/mol. The monoisotopic (exact) mass is 476 g/mol. The van der Waals surface area contributed by atoms with Crippen LogP contribution >= 0.6 is 0 Å². The van der Waals surface area contributed by atoms with Crippen molar-refractivity contribution in [2.45, 2.75) is 43.7 Å². The molecular formula is C31H28N2O3. The Balaban J connectivity index is 1.14. The van der Waals surface area contributed by atoms with E-state index in [0.29, 0.717) is 19.6 Å². The van der Waals surface area contributed by atoms with E-state index in [9.17, 15) is 4.79 Å². The second-order valence-electron chi connectivity index (χ2n) is 9.69. The summed E-state index contributed by atoms with van der Waals surface area (Å²) in [5, 5.41) is 8.67. The van der Waals surface area contributed by atoms with Gasteiger partial charge in [-0.1, -0.05) is 66.7 Å². The third kappa shape index (κ3) is 4.03. The summed E-state index contributed by atoms with van der Waals surface area (Å²) in [4.78, 5) is 15.2. The van der Waals surface area contributed by atoms with Crippen LogP contribution in [0.15, 0.2) is 78.9 Å². The molecule has 1 saturated heterocycles. The minimum atomic E-state index is -0.207. The van der Waals surface area contributed by atoms with Gasteiger partial charge in [0, 0.05) is 12.0 Å². The zero-order chi connectivity index (χ0) is 24.5. The number of rotatable bonds is 6. The molecule has 5 nitrogen and oxygen atoms in total. The van der Waals surface area contributed by atoms with Crippen molar-refractivity contribution in [3.63, 3.8) is 0 Å². The lowest BCUT2D eigenvalue weighted by Crippen LogP contribution is -2.43. The van der Waals surface area contributed by atoms with Gasteiger partial charge in [0.15, 0.2) is 0 Å². The highest BCUT2D eigenvalue weighted by Crippen LogP contribution is 2.45. The molecule has 3 aromatic carbocycles. The molecule has 1 amide bonds. The maximum Gasteiger partial charge on any atom is 0.410 e. The molecule has 5 heteroatoms. The van der Waals surface area contributed by atoms with Crippen molar-refractivity contribution in [3.8, 4) is 22.9 Å². The van der Waals surface area contributed by atoms with Crippen LogP contribution in [0.5, 0.6) is 5.75 Å². The van der Waals surface area contributed by atoms with Crippen molar-refractivity contribution in [1.29, 1.82) is 5.26 Å². The first kappa shape index (κ1) is 22.4. The SMILES string of the molecule is N#CCCOc1ccc(C2=CC3CCC(C2)N3C(=O)OCC2c3ccccc3-c3ccccc32)cc1. The topological polar surface area (TPSA) is 62.6 Å². The lowest BCUT2D eigenvalue weighted by Gasteiger charge is -2.33. The summed E-state index contributed by atoms with van der Waals surface area (Å²) in [5.41, 5.74) is 7.37. The van der Waals surface area contributed by atoms with Crippen molar-refractivity contribution in [1.82, 2.24) is 4.90 Å². The van der Waals surface area contributed by atoms with Gasteiger partial charge in [0.25, 0.3) is 0 Å². The van der Waals surface area contributed by atoms with Crippen molar-refractivity contribution in [2.75, 3.05) is 13.2 Å². The first-order valence-electron chi connectivity index (χ1n) is 12.7. The van der Waals surface area contributed by atoms with E-state index in [1.54, 1.807) is 0 Å². The van der Waals surface area contributed by atoms with E-state index >= 15 is 0 Å². The number of hydrogen-bond acceptors (Lipinski definition) is 4. The van der Waals surface area contributed by atoms with Gasteiger partial charge < -0.3 is 9.47 Å². The predicted octanol–water partition coefficient (Wildman–Crippen LogP) is 6.55. The molecule has 0 radical (unpaired) electrons. The number of hydrogen-bond donors (Lipinski definition) is 0. The molecule has 2 unspecified atom stereocenters.